The number of nitro groups is 1. The Labute approximate surface area is 109 Å². The van der Waals surface area contributed by atoms with Gasteiger partial charge in [-0.3, -0.25) is 10.1 Å². The lowest BCUT2D eigenvalue weighted by molar-refractivity contribution is -0.384. The molecule has 0 bridgehead atoms. The summed E-state index contributed by atoms with van der Waals surface area (Å²) >= 11 is 4.89. The van der Waals surface area contributed by atoms with E-state index in [0.717, 1.165) is 9.35 Å². The molecule has 0 aliphatic heterocycles. The third kappa shape index (κ3) is 2.32. The van der Waals surface area contributed by atoms with E-state index >= 15 is 0 Å². The molecule has 90 valence electrons. The van der Waals surface area contributed by atoms with Gasteiger partial charge in [-0.15, -0.1) is 11.3 Å². The zero-order chi connectivity index (χ0) is 12.6. The van der Waals surface area contributed by atoms with Crippen LogP contribution in [0.2, 0.25) is 0 Å². The Bertz CT molecular complexity index is 578. The highest BCUT2D eigenvalue weighted by Crippen LogP contribution is 2.27. The SMILES string of the molecule is Cc1nn(Cc2cc(Br)cs2)c(N)c1[N+](=O)[O-]. The lowest BCUT2D eigenvalue weighted by Crippen LogP contribution is -2.05. The molecule has 2 rings (SSSR count). The number of halogens is 1. The number of aryl methyl sites for hydroxylation is 1. The van der Waals surface area contributed by atoms with Crippen LogP contribution in [-0.4, -0.2) is 14.7 Å². The molecule has 0 radical (unpaired) electrons. The average Bonchev–Trinajstić information content (AvgIpc) is 2.73. The van der Waals surface area contributed by atoms with Crippen molar-refractivity contribution in [3.63, 3.8) is 0 Å². The fraction of sp³-hybridized carbons (Fsp3) is 0.222. The second-order valence-corrected chi connectivity index (χ2v) is 5.38. The van der Waals surface area contributed by atoms with Crippen LogP contribution in [0.25, 0.3) is 0 Å². The molecule has 2 N–H and O–H groups in total. The van der Waals surface area contributed by atoms with Crippen LogP contribution in [0, 0.1) is 17.0 Å². The lowest BCUT2D eigenvalue weighted by Gasteiger charge is -1.99. The first-order chi connectivity index (χ1) is 7.99. The maximum Gasteiger partial charge on any atom is 0.333 e. The number of rotatable bonds is 3. The van der Waals surface area contributed by atoms with E-state index in [1.807, 2.05) is 11.4 Å². The van der Waals surface area contributed by atoms with Crippen LogP contribution in [-0.2, 0) is 6.54 Å². The second-order valence-electron chi connectivity index (χ2n) is 3.47. The van der Waals surface area contributed by atoms with Crippen molar-refractivity contribution in [1.29, 1.82) is 0 Å². The summed E-state index contributed by atoms with van der Waals surface area (Å²) in [5, 5.41) is 16.8. The summed E-state index contributed by atoms with van der Waals surface area (Å²) in [7, 11) is 0. The topological polar surface area (TPSA) is 87.0 Å². The van der Waals surface area contributed by atoms with Crippen LogP contribution >= 0.6 is 27.3 Å². The third-order valence-electron chi connectivity index (χ3n) is 2.24. The van der Waals surface area contributed by atoms with Gasteiger partial charge in [0.1, 0.15) is 5.69 Å². The van der Waals surface area contributed by atoms with Gasteiger partial charge in [0, 0.05) is 14.7 Å². The quantitative estimate of drug-likeness (QED) is 0.696. The predicted octanol–water partition coefficient (Wildman–Crippen LogP) is 2.55. The Kier molecular flexibility index (Phi) is 3.16. The van der Waals surface area contributed by atoms with E-state index in [1.165, 1.54) is 4.68 Å². The normalized spacial score (nSPS) is 10.7. The van der Waals surface area contributed by atoms with Crippen LogP contribution in [0.3, 0.4) is 0 Å². The van der Waals surface area contributed by atoms with Gasteiger partial charge in [-0.1, -0.05) is 0 Å². The molecule has 0 saturated carbocycles. The maximum absolute atomic E-state index is 10.8. The Morgan fingerprint density at radius 2 is 2.41 bits per heavy atom. The smallest absolute Gasteiger partial charge is 0.333 e. The van der Waals surface area contributed by atoms with E-state index < -0.39 is 4.92 Å². The van der Waals surface area contributed by atoms with Crippen LogP contribution in [0.1, 0.15) is 10.6 Å². The molecular weight excluding hydrogens is 308 g/mol. The molecule has 0 aromatic carbocycles. The van der Waals surface area contributed by atoms with Crippen molar-refractivity contribution in [2.75, 3.05) is 5.73 Å². The highest BCUT2D eigenvalue weighted by Gasteiger charge is 2.22. The van der Waals surface area contributed by atoms with E-state index in [1.54, 1.807) is 18.3 Å². The minimum Gasteiger partial charge on any atom is -0.378 e. The maximum atomic E-state index is 10.8. The zero-order valence-electron chi connectivity index (χ0n) is 8.88. The molecule has 0 saturated heterocycles. The number of aromatic nitrogens is 2. The molecule has 0 aliphatic rings. The Hall–Kier alpha value is -1.41. The first kappa shape index (κ1) is 12.1. The van der Waals surface area contributed by atoms with E-state index in [0.29, 0.717) is 12.2 Å². The van der Waals surface area contributed by atoms with Gasteiger partial charge in [0.05, 0.1) is 11.5 Å². The van der Waals surface area contributed by atoms with Crippen LogP contribution in [0.5, 0.6) is 0 Å². The van der Waals surface area contributed by atoms with Crippen molar-refractivity contribution in [1.82, 2.24) is 9.78 Å². The van der Waals surface area contributed by atoms with Crippen molar-refractivity contribution < 1.29 is 4.92 Å². The van der Waals surface area contributed by atoms with E-state index in [4.69, 9.17) is 5.73 Å². The summed E-state index contributed by atoms with van der Waals surface area (Å²) in [6.45, 7) is 2.02. The molecule has 0 aliphatic carbocycles. The number of anilines is 1. The number of hydrogen-bond donors (Lipinski definition) is 1. The van der Waals surface area contributed by atoms with Gasteiger partial charge < -0.3 is 5.73 Å². The molecule has 8 heteroatoms. The molecule has 17 heavy (non-hydrogen) atoms. The van der Waals surface area contributed by atoms with Gasteiger partial charge in [0.25, 0.3) is 0 Å². The van der Waals surface area contributed by atoms with Gasteiger partial charge in [-0.25, -0.2) is 4.68 Å². The highest BCUT2D eigenvalue weighted by atomic mass is 79.9. The van der Waals surface area contributed by atoms with E-state index in [-0.39, 0.29) is 11.5 Å². The first-order valence-electron chi connectivity index (χ1n) is 4.69. The monoisotopic (exact) mass is 316 g/mol. The summed E-state index contributed by atoms with van der Waals surface area (Å²) in [4.78, 5) is 11.3. The number of nitrogen functional groups attached to an aromatic ring is 1. The summed E-state index contributed by atoms with van der Waals surface area (Å²) in [5.41, 5.74) is 5.94. The molecule has 0 amide bonds. The van der Waals surface area contributed by atoms with Gasteiger partial charge in [-0.2, -0.15) is 5.10 Å². The molecule has 0 atom stereocenters. The van der Waals surface area contributed by atoms with Crippen LogP contribution < -0.4 is 5.73 Å². The number of hydrogen-bond acceptors (Lipinski definition) is 5. The van der Waals surface area contributed by atoms with Crippen molar-refractivity contribution >= 4 is 38.8 Å². The Morgan fingerprint density at radius 3 is 2.88 bits per heavy atom. The van der Waals surface area contributed by atoms with Gasteiger partial charge >= 0.3 is 5.69 Å². The first-order valence-corrected chi connectivity index (χ1v) is 6.36. The standard InChI is InChI=1S/C9H9BrN4O2S/c1-5-8(14(15)16)9(11)13(12-5)3-7-2-6(10)4-17-7/h2,4H,3,11H2,1H3. The number of thiophene rings is 1. The Morgan fingerprint density at radius 1 is 1.71 bits per heavy atom. The summed E-state index contributed by atoms with van der Waals surface area (Å²) in [6.07, 6.45) is 0. The molecule has 0 unspecified atom stereocenters. The summed E-state index contributed by atoms with van der Waals surface area (Å²) in [6, 6.07) is 1.94. The van der Waals surface area contributed by atoms with Gasteiger partial charge in [-0.05, 0) is 28.9 Å². The fourth-order valence-corrected chi connectivity index (χ4v) is 2.95. The van der Waals surface area contributed by atoms with E-state index in [9.17, 15) is 10.1 Å². The van der Waals surface area contributed by atoms with E-state index in [2.05, 4.69) is 21.0 Å². The van der Waals surface area contributed by atoms with Crippen molar-refractivity contribution in [2.45, 2.75) is 13.5 Å². The highest BCUT2D eigenvalue weighted by molar-refractivity contribution is 9.10. The molecule has 2 aromatic rings. The minimum absolute atomic E-state index is 0.0945. The largest absolute Gasteiger partial charge is 0.378 e. The average molecular weight is 317 g/mol. The van der Waals surface area contributed by atoms with Crippen LogP contribution in [0.4, 0.5) is 11.5 Å². The number of nitrogens with zero attached hydrogens (tertiary/aromatic N) is 3. The molecular formula is C9H9BrN4O2S. The predicted molar refractivity (Wildman–Crippen MR) is 69.2 cm³/mol. The lowest BCUT2D eigenvalue weighted by atomic mass is 10.4. The van der Waals surface area contributed by atoms with Crippen molar-refractivity contribution in [3.8, 4) is 0 Å². The Balaban J connectivity index is 2.34. The van der Waals surface area contributed by atoms with Gasteiger partial charge in [0.2, 0.25) is 5.82 Å². The van der Waals surface area contributed by atoms with Crippen molar-refractivity contribution in [3.05, 3.63) is 36.6 Å². The van der Waals surface area contributed by atoms with Crippen LogP contribution in [0.15, 0.2) is 15.9 Å². The van der Waals surface area contributed by atoms with Crippen molar-refractivity contribution in [2.24, 2.45) is 0 Å². The molecule has 2 heterocycles. The number of nitrogens with two attached hydrogens (primary N) is 1. The summed E-state index contributed by atoms with van der Waals surface area (Å²) in [5.74, 6) is 0.0945. The summed E-state index contributed by atoms with van der Waals surface area (Å²) < 4.78 is 2.43. The zero-order valence-corrected chi connectivity index (χ0v) is 11.3. The molecule has 0 fully saturated rings. The molecule has 2 aromatic heterocycles. The molecule has 6 nitrogen and oxygen atoms in total. The van der Waals surface area contributed by atoms with Gasteiger partial charge in [0.15, 0.2) is 0 Å². The third-order valence-corrected chi connectivity index (χ3v) is 3.93. The minimum atomic E-state index is -0.501. The fourth-order valence-electron chi connectivity index (χ4n) is 1.52. The molecule has 0 spiro atoms. The second kappa shape index (κ2) is 4.46.